The Balaban J connectivity index is 2.85. The Bertz CT molecular complexity index is 396. The Labute approximate surface area is 103 Å². The van der Waals surface area contributed by atoms with Crippen LogP contribution in [-0.4, -0.2) is 42.1 Å². The van der Waals surface area contributed by atoms with Crippen LogP contribution in [0, 0.1) is 11.3 Å². The van der Waals surface area contributed by atoms with Crippen molar-refractivity contribution in [2.45, 2.75) is 40.2 Å². The fourth-order valence-electron chi connectivity index (χ4n) is 2.26. The molecule has 100 valence electrons. The lowest BCUT2D eigenvalue weighted by Crippen LogP contribution is -2.41. The fourth-order valence-corrected chi connectivity index (χ4v) is 4.56. The predicted octanol–water partition coefficient (Wildman–Crippen LogP) is 1.16. The average Bonchev–Trinajstić information content (AvgIpc) is 2.42. The highest BCUT2D eigenvalue weighted by Gasteiger charge is 2.42. The molecule has 0 saturated carbocycles. The number of rotatable bonds is 3. The first-order valence-electron chi connectivity index (χ1n) is 5.77. The van der Waals surface area contributed by atoms with Crippen molar-refractivity contribution in [2.75, 3.05) is 12.3 Å². The molecular weight excluding hydrogens is 242 g/mol. The zero-order chi connectivity index (χ0) is 13.4. The van der Waals surface area contributed by atoms with Crippen molar-refractivity contribution in [1.29, 1.82) is 0 Å². The quantitative estimate of drug-likeness (QED) is 0.829. The molecule has 0 aromatic rings. The summed E-state index contributed by atoms with van der Waals surface area (Å²) >= 11 is 0. The van der Waals surface area contributed by atoms with Gasteiger partial charge in [0.25, 0.3) is 0 Å². The second-order valence-electron chi connectivity index (χ2n) is 5.90. The van der Waals surface area contributed by atoms with Crippen LogP contribution in [0.2, 0.25) is 0 Å². The molecule has 0 aliphatic carbocycles. The summed E-state index contributed by atoms with van der Waals surface area (Å²) in [5.41, 5.74) is -0.320. The van der Waals surface area contributed by atoms with Crippen molar-refractivity contribution in [1.82, 2.24) is 4.31 Å². The minimum atomic E-state index is -3.36. The van der Waals surface area contributed by atoms with Gasteiger partial charge in [-0.25, -0.2) is 8.42 Å². The number of carboxylic acid groups (broad SMARTS) is 1. The highest BCUT2D eigenvalue weighted by atomic mass is 32.2. The zero-order valence-electron chi connectivity index (χ0n) is 10.8. The molecule has 1 aliphatic heterocycles. The van der Waals surface area contributed by atoms with Crippen molar-refractivity contribution in [3.05, 3.63) is 0 Å². The molecule has 17 heavy (non-hydrogen) atoms. The molecule has 6 heteroatoms. The summed E-state index contributed by atoms with van der Waals surface area (Å²) in [6.07, 6.45) is 0.403. The molecule has 1 aliphatic rings. The molecule has 2 atom stereocenters. The van der Waals surface area contributed by atoms with Gasteiger partial charge in [-0.3, -0.25) is 4.79 Å². The van der Waals surface area contributed by atoms with E-state index in [1.165, 1.54) is 4.31 Å². The van der Waals surface area contributed by atoms with E-state index < -0.39 is 28.0 Å². The van der Waals surface area contributed by atoms with Gasteiger partial charge >= 0.3 is 5.97 Å². The number of hydrogen-bond acceptors (Lipinski definition) is 3. The molecule has 1 N–H and O–H groups in total. The first-order chi connectivity index (χ1) is 7.54. The highest BCUT2D eigenvalue weighted by molar-refractivity contribution is 7.89. The van der Waals surface area contributed by atoms with Crippen molar-refractivity contribution >= 4 is 16.0 Å². The van der Waals surface area contributed by atoms with Gasteiger partial charge in [0.15, 0.2) is 0 Å². The third-order valence-corrected chi connectivity index (χ3v) is 5.45. The number of nitrogens with zero attached hydrogens (tertiary/aromatic N) is 1. The first kappa shape index (κ1) is 14.4. The second kappa shape index (κ2) is 4.57. The summed E-state index contributed by atoms with van der Waals surface area (Å²) in [5.74, 6) is -1.44. The monoisotopic (exact) mass is 263 g/mol. The number of hydrogen-bond donors (Lipinski definition) is 1. The minimum absolute atomic E-state index is 0.0523. The van der Waals surface area contributed by atoms with E-state index in [0.717, 1.165) is 0 Å². The third-order valence-electron chi connectivity index (χ3n) is 2.99. The lowest BCUT2D eigenvalue weighted by atomic mass is 10.0. The summed E-state index contributed by atoms with van der Waals surface area (Å²) in [5, 5.41) is 8.98. The Morgan fingerprint density at radius 1 is 1.41 bits per heavy atom. The second-order valence-corrected chi connectivity index (χ2v) is 7.82. The Hall–Kier alpha value is -0.620. The number of carbonyl (C=O) groups is 1. The van der Waals surface area contributed by atoms with E-state index in [-0.39, 0.29) is 11.2 Å². The van der Waals surface area contributed by atoms with Gasteiger partial charge in [-0.05, 0) is 18.8 Å². The largest absolute Gasteiger partial charge is 0.481 e. The van der Waals surface area contributed by atoms with E-state index in [2.05, 4.69) is 0 Å². The van der Waals surface area contributed by atoms with Crippen LogP contribution in [0.1, 0.15) is 34.1 Å². The Morgan fingerprint density at radius 2 is 1.94 bits per heavy atom. The van der Waals surface area contributed by atoms with Crippen LogP contribution in [0.15, 0.2) is 0 Å². The van der Waals surface area contributed by atoms with Gasteiger partial charge in [-0.2, -0.15) is 4.31 Å². The van der Waals surface area contributed by atoms with Gasteiger partial charge in [-0.1, -0.05) is 20.8 Å². The van der Waals surface area contributed by atoms with E-state index >= 15 is 0 Å². The van der Waals surface area contributed by atoms with Crippen LogP contribution < -0.4 is 0 Å². The lowest BCUT2D eigenvalue weighted by molar-refractivity contribution is -0.142. The van der Waals surface area contributed by atoms with E-state index in [1.54, 1.807) is 6.92 Å². The van der Waals surface area contributed by atoms with Crippen LogP contribution in [0.5, 0.6) is 0 Å². The van der Waals surface area contributed by atoms with Gasteiger partial charge < -0.3 is 5.11 Å². The van der Waals surface area contributed by atoms with E-state index in [9.17, 15) is 13.2 Å². The molecule has 1 rings (SSSR count). The Morgan fingerprint density at radius 3 is 2.29 bits per heavy atom. The smallest absolute Gasteiger partial charge is 0.308 e. The summed E-state index contributed by atoms with van der Waals surface area (Å²) in [7, 11) is -3.36. The summed E-state index contributed by atoms with van der Waals surface area (Å²) in [4.78, 5) is 10.9. The van der Waals surface area contributed by atoms with Crippen LogP contribution in [0.3, 0.4) is 0 Å². The third kappa shape index (κ3) is 3.42. The standard InChI is InChI=1S/C11H21NO4S/c1-8-9(10(13)14)5-6-12(8)17(15,16)7-11(2,3)4/h8-9H,5-7H2,1-4H3,(H,13,14). The predicted molar refractivity (Wildman–Crippen MR) is 65.2 cm³/mol. The average molecular weight is 263 g/mol. The number of carboxylic acids is 1. The molecule has 5 nitrogen and oxygen atoms in total. The van der Waals surface area contributed by atoms with Crippen molar-refractivity contribution in [2.24, 2.45) is 11.3 Å². The maximum Gasteiger partial charge on any atom is 0.308 e. The first-order valence-corrected chi connectivity index (χ1v) is 7.38. The molecule has 2 unspecified atom stereocenters. The minimum Gasteiger partial charge on any atom is -0.481 e. The zero-order valence-corrected chi connectivity index (χ0v) is 11.6. The van der Waals surface area contributed by atoms with Crippen molar-refractivity contribution < 1.29 is 18.3 Å². The molecule has 0 aromatic heterocycles. The van der Waals surface area contributed by atoms with E-state index in [0.29, 0.717) is 13.0 Å². The van der Waals surface area contributed by atoms with E-state index in [1.807, 2.05) is 20.8 Å². The molecule has 0 bridgehead atoms. The Kier molecular flexibility index (Phi) is 3.88. The molecule has 1 fully saturated rings. The van der Waals surface area contributed by atoms with Crippen molar-refractivity contribution in [3.8, 4) is 0 Å². The van der Waals surface area contributed by atoms with Gasteiger partial charge in [0.2, 0.25) is 10.0 Å². The van der Waals surface area contributed by atoms with Crippen molar-refractivity contribution in [3.63, 3.8) is 0 Å². The van der Waals surface area contributed by atoms with Gasteiger partial charge in [0.1, 0.15) is 0 Å². The van der Waals surface area contributed by atoms with Gasteiger partial charge in [-0.15, -0.1) is 0 Å². The maximum absolute atomic E-state index is 12.2. The van der Waals surface area contributed by atoms with Crippen LogP contribution in [-0.2, 0) is 14.8 Å². The summed E-state index contributed by atoms with van der Waals surface area (Å²) in [6.45, 7) is 7.57. The van der Waals surface area contributed by atoms with E-state index in [4.69, 9.17) is 5.11 Å². The van der Waals surface area contributed by atoms with Crippen LogP contribution >= 0.6 is 0 Å². The molecule has 1 heterocycles. The molecule has 0 spiro atoms. The maximum atomic E-state index is 12.2. The fraction of sp³-hybridized carbons (Fsp3) is 0.909. The van der Waals surface area contributed by atoms with Crippen LogP contribution in [0.25, 0.3) is 0 Å². The number of sulfonamides is 1. The molecule has 0 amide bonds. The summed E-state index contributed by atoms with van der Waals surface area (Å²) in [6, 6.07) is -0.445. The SMILES string of the molecule is CC1C(C(=O)O)CCN1S(=O)(=O)CC(C)(C)C. The number of aliphatic carboxylic acids is 1. The van der Waals surface area contributed by atoms with Gasteiger partial charge in [0, 0.05) is 12.6 Å². The normalized spacial score (nSPS) is 27.3. The molecule has 1 saturated heterocycles. The van der Waals surface area contributed by atoms with Gasteiger partial charge in [0.05, 0.1) is 11.7 Å². The molecule has 0 aromatic carbocycles. The highest BCUT2D eigenvalue weighted by Crippen LogP contribution is 2.29. The topological polar surface area (TPSA) is 74.7 Å². The molecular formula is C11H21NO4S. The molecule has 0 radical (unpaired) electrons. The lowest BCUT2D eigenvalue weighted by Gasteiger charge is -2.27. The van der Waals surface area contributed by atoms with Crippen LogP contribution in [0.4, 0.5) is 0 Å². The summed E-state index contributed by atoms with van der Waals surface area (Å²) < 4.78 is 25.7.